The van der Waals surface area contributed by atoms with Crippen LogP contribution in [0.5, 0.6) is 11.5 Å². The summed E-state index contributed by atoms with van der Waals surface area (Å²) in [5.41, 5.74) is 0.613. The van der Waals surface area contributed by atoms with Crippen molar-refractivity contribution >= 4 is 21.6 Å². The Hall–Kier alpha value is -1.80. The van der Waals surface area contributed by atoms with E-state index in [0.29, 0.717) is 30.4 Å². The molecule has 7 nitrogen and oxygen atoms in total. The van der Waals surface area contributed by atoms with Crippen molar-refractivity contribution in [2.45, 2.75) is 0 Å². The molecule has 8 heteroatoms. The Bertz CT molecular complexity index is 667. The van der Waals surface area contributed by atoms with Gasteiger partial charge in [-0.2, -0.15) is 0 Å². The minimum Gasteiger partial charge on any atom is -0.486 e. The number of fused-ring (bicyclic) bond motifs is 1. The molecular formula is C13H16N2O5S. The molecule has 114 valence electrons. The number of nitrogens with one attached hydrogen (secondary N) is 1. The van der Waals surface area contributed by atoms with Crippen LogP contribution >= 0.6 is 0 Å². The molecule has 0 bridgehead atoms. The Labute approximate surface area is 122 Å². The van der Waals surface area contributed by atoms with E-state index in [2.05, 4.69) is 5.32 Å². The molecule has 0 radical (unpaired) electrons. The van der Waals surface area contributed by atoms with E-state index in [0.717, 1.165) is 6.26 Å². The van der Waals surface area contributed by atoms with E-state index in [1.54, 1.807) is 18.2 Å². The molecule has 0 aliphatic carbocycles. The van der Waals surface area contributed by atoms with Gasteiger partial charge < -0.3 is 14.8 Å². The monoisotopic (exact) mass is 312 g/mol. The Kier molecular flexibility index (Phi) is 3.50. The zero-order chi connectivity index (χ0) is 15.0. The third-order valence-corrected chi connectivity index (χ3v) is 4.73. The van der Waals surface area contributed by atoms with Crippen molar-refractivity contribution in [3.05, 3.63) is 18.2 Å². The van der Waals surface area contributed by atoms with Gasteiger partial charge >= 0.3 is 0 Å². The number of nitrogens with zero attached hydrogens (tertiary/aromatic N) is 1. The summed E-state index contributed by atoms with van der Waals surface area (Å²) in [4.78, 5) is 12.0. The van der Waals surface area contributed by atoms with Gasteiger partial charge in [0.15, 0.2) is 11.5 Å². The molecule has 1 N–H and O–H groups in total. The fourth-order valence-electron chi connectivity index (χ4n) is 2.24. The molecule has 0 spiro atoms. The summed E-state index contributed by atoms with van der Waals surface area (Å²) < 4.78 is 34.7. The molecule has 0 saturated carbocycles. The van der Waals surface area contributed by atoms with Crippen molar-refractivity contribution in [1.29, 1.82) is 0 Å². The number of hydrogen-bond acceptors (Lipinski definition) is 5. The highest BCUT2D eigenvalue weighted by molar-refractivity contribution is 7.88. The number of benzene rings is 1. The molecule has 21 heavy (non-hydrogen) atoms. The van der Waals surface area contributed by atoms with Crippen molar-refractivity contribution in [2.24, 2.45) is 5.92 Å². The van der Waals surface area contributed by atoms with Crippen LogP contribution in [0.25, 0.3) is 0 Å². The van der Waals surface area contributed by atoms with Crippen molar-refractivity contribution in [3.63, 3.8) is 0 Å². The van der Waals surface area contributed by atoms with Crippen molar-refractivity contribution in [1.82, 2.24) is 4.31 Å². The second-order valence-electron chi connectivity index (χ2n) is 5.12. The molecule has 1 aromatic carbocycles. The van der Waals surface area contributed by atoms with E-state index >= 15 is 0 Å². The third kappa shape index (κ3) is 2.96. The summed E-state index contributed by atoms with van der Waals surface area (Å²) in [6, 6.07) is 5.19. The van der Waals surface area contributed by atoms with Crippen molar-refractivity contribution < 1.29 is 22.7 Å². The quantitative estimate of drug-likeness (QED) is 0.867. The van der Waals surface area contributed by atoms with E-state index < -0.39 is 10.0 Å². The molecule has 2 aliphatic heterocycles. The lowest BCUT2D eigenvalue weighted by molar-refractivity contribution is -0.122. The number of sulfonamides is 1. The maximum absolute atomic E-state index is 12.0. The predicted molar refractivity (Wildman–Crippen MR) is 76.0 cm³/mol. The van der Waals surface area contributed by atoms with E-state index in [9.17, 15) is 13.2 Å². The van der Waals surface area contributed by atoms with Gasteiger partial charge in [-0.05, 0) is 12.1 Å². The highest BCUT2D eigenvalue weighted by Gasteiger charge is 2.37. The third-order valence-electron chi connectivity index (χ3n) is 3.50. The Morgan fingerprint density at radius 3 is 2.57 bits per heavy atom. The number of anilines is 1. The van der Waals surface area contributed by atoms with Crippen LogP contribution in [0.15, 0.2) is 18.2 Å². The first-order valence-electron chi connectivity index (χ1n) is 6.59. The van der Waals surface area contributed by atoms with Gasteiger partial charge in [-0.1, -0.05) is 0 Å². The lowest BCUT2D eigenvalue weighted by Gasteiger charge is -2.35. The van der Waals surface area contributed by atoms with Gasteiger partial charge in [0.25, 0.3) is 0 Å². The fourth-order valence-corrected chi connectivity index (χ4v) is 3.14. The Balaban J connectivity index is 1.61. The zero-order valence-corrected chi connectivity index (χ0v) is 12.4. The van der Waals surface area contributed by atoms with Crippen LogP contribution in [0.1, 0.15) is 0 Å². The predicted octanol–water partition coefficient (Wildman–Crippen LogP) is 0.288. The van der Waals surface area contributed by atoms with Gasteiger partial charge in [0.05, 0.1) is 12.2 Å². The molecular weight excluding hydrogens is 296 g/mol. The van der Waals surface area contributed by atoms with E-state index in [1.165, 1.54) is 4.31 Å². The van der Waals surface area contributed by atoms with Crippen LogP contribution in [-0.2, 0) is 14.8 Å². The summed E-state index contributed by atoms with van der Waals surface area (Å²) in [7, 11) is -3.20. The highest BCUT2D eigenvalue weighted by Crippen LogP contribution is 2.33. The zero-order valence-electron chi connectivity index (χ0n) is 11.5. The smallest absolute Gasteiger partial charge is 0.230 e. The highest BCUT2D eigenvalue weighted by atomic mass is 32.2. The van der Waals surface area contributed by atoms with E-state index in [1.807, 2.05) is 0 Å². The maximum Gasteiger partial charge on any atom is 0.230 e. The molecule has 0 atom stereocenters. The minimum atomic E-state index is -3.20. The number of carbonyl (C=O) groups is 1. The largest absolute Gasteiger partial charge is 0.486 e. The SMILES string of the molecule is CS(=O)(=O)N1CC(C(=O)Nc2ccc3c(c2)OCCO3)C1. The molecule has 1 fully saturated rings. The number of hydrogen-bond donors (Lipinski definition) is 1. The molecule has 2 aliphatic rings. The number of ether oxygens (including phenoxy) is 2. The normalized spacial score (nSPS) is 18.9. The maximum atomic E-state index is 12.0. The summed E-state index contributed by atoms with van der Waals surface area (Å²) in [5.74, 6) is 0.760. The first kappa shape index (κ1) is 14.2. The van der Waals surface area contributed by atoms with Gasteiger partial charge in [-0.25, -0.2) is 12.7 Å². The van der Waals surface area contributed by atoms with E-state index in [-0.39, 0.29) is 24.9 Å². The summed E-state index contributed by atoms with van der Waals surface area (Å²) in [6.07, 6.45) is 1.14. The molecule has 2 heterocycles. The van der Waals surface area contributed by atoms with Crippen LogP contribution in [0.3, 0.4) is 0 Å². The summed E-state index contributed by atoms with van der Waals surface area (Å²) in [6.45, 7) is 1.46. The lowest BCUT2D eigenvalue weighted by Crippen LogP contribution is -2.53. The van der Waals surface area contributed by atoms with Crippen LogP contribution < -0.4 is 14.8 Å². The van der Waals surface area contributed by atoms with Crippen LogP contribution in [0.2, 0.25) is 0 Å². The first-order chi connectivity index (χ1) is 9.93. The average molecular weight is 312 g/mol. The average Bonchev–Trinajstić information content (AvgIpc) is 2.35. The number of rotatable bonds is 3. The van der Waals surface area contributed by atoms with Gasteiger partial charge in [0, 0.05) is 24.8 Å². The second kappa shape index (κ2) is 5.19. The molecule has 1 saturated heterocycles. The van der Waals surface area contributed by atoms with Gasteiger partial charge in [0.2, 0.25) is 15.9 Å². The Morgan fingerprint density at radius 1 is 1.24 bits per heavy atom. The topological polar surface area (TPSA) is 84.9 Å². The molecule has 1 amide bonds. The van der Waals surface area contributed by atoms with Crippen LogP contribution in [0, 0.1) is 5.92 Å². The van der Waals surface area contributed by atoms with Crippen LogP contribution in [-0.4, -0.2) is 51.2 Å². The molecule has 0 aromatic heterocycles. The van der Waals surface area contributed by atoms with Crippen molar-refractivity contribution in [3.8, 4) is 11.5 Å². The number of amides is 1. The van der Waals surface area contributed by atoms with Gasteiger partial charge in [-0.3, -0.25) is 4.79 Å². The molecule has 0 unspecified atom stereocenters. The van der Waals surface area contributed by atoms with Gasteiger partial charge in [-0.15, -0.1) is 0 Å². The minimum absolute atomic E-state index is 0.188. The number of carbonyl (C=O) groups excluding carboxylic acids is 1. The molecule has 1 aromatic rings. The lowest BCUT2D eigenvalue weighted by atomic mass is 10.0. The summed E-state index contributed by atoms with van der Waals surface area (Å²) >= 11 is 0. The summed E-state index contributed by atoms with van der Waals surface area (Å²) in [5, 5.41) is 2.77. The van der Waals surface area contributed by atoms with Gasteiger partial charge in [0.1, 0.15) is 13.2 Å². The van der Waals surface area contributed by atoms with Crippen molar-refractivity contribution in [2.75, 3.05) is 37.9 Å². The first-order valence-corrected chi connectivity index (χ1v) is 8.44. The second-order valence-corrected chi connectivity index (χ2v) is 7.11. The Morgan fingerprint density at radius 2 is 1.90 bits per heavy atom. The standard InChI is InChI=1S/C13H16N2O5S/c1-21(17,18)15-7-9(8-15)13(16)14-10-2-3-11-12(6-10)20-5-4-19-11/h2-3,6,9H,4-5,7-8H2,1H3,(H,14,16). The fraction of sp³-hybridized carbons (Fsp3) is 0.462. The molecule has 3 rings (SSSR count). The van der Waals surface area contributed by atoms with Crippen LogP contribution in [0.4, 0.5) is 5.69 Å². The van der Waals surface area contributed by atoms with E-state index in [4.69, 9.17) is 9.47 Å².